The molecule has 0 unspecified atom stereocenters. The van der Waals surface area contributed by atoms with Gasteiger partial charge in [0.1, 0.15) is 18.2 Å². The SMILES string of the molecule is CCN1C(=O)OCc2cc3[nH]c(-c4ccc(O)cc4)nc3cc21. The Bertz CT molecular complexity index is 899. The topological polar surface area (TPSA) is 78.5 Å². The van der Waals surface area contributed by atoms with Crippen molar-refractivity contribution in [2.24, 2.45) is 0 Å². The van der Waals surface area contributed by atoms with Gasteiger partial charge in [0.15, 0.2) is 0 Å². The summed E-state index contributed by atoms with van der Waals surface area (Å²) >= 11 is 0. The lowest BCUT2D eigenvalue weighted by molar-refractivity contribution is 0.142. The average molecular weight is 309 g/mol. The van der Waals surface area contributed by atoms with Gasteiger partial charge in [0.05, 0.1) is 16.7 Å². The number of hydrogen-bond acceptors (Lipinski definition) is 4. The summed E-state index contributed by atoms with van der Waals surface area (Å²) in [6.45, 7) is 2.73. The summed E-state index contributed by atoms with van der Waals surface area (Å²) in [5.41, 5.74) is 4.37. The van der Waals surface area contributed by atoms with Crippen molar-refractivity contribution in [3.8, 4) is 17.1 Å². The fraction of sp³-hybridized carbons (Fsp3) is 0.176. The van der Waals surface area contributed by atoms with Crippen LogP contribution in [0, 0.1) is 0 Å². The third kappa shape index (κ3) is 2.19. The third-order valence-electron chi connectivity index (χ3n) is 4.00. The highest BCUT2D eigenvalue weighted by atomic mass is 16.6. The van der Waals surface area contributed by atoms with E-state index < -0.39 is 0 Å². The number of fused-ring (bicyclic) bond motifs is 2. The highest BCUT2D eigenvalue weighted by molar-refractivity contribution is 5.94. The lowest BCUT2D eigenvalue weighted by Gasteiger charge is -2.27. The van der Waals surface area contributed by atoms with E-state index in [1.807, 2.05) is 19.1 Å². The molecule has 1 aliphatic rings. The van der Waals surface area contributed by atoms with Crippen molar-refractivity contribution in [2.75, 3.05) is 11.4 Å². The fourth-order valence-corrected chi connectivity index (χ4v) is 2.83. The molecule has 2 aromatic carbocycles. The van der Waals surface area contributed by atoms with Gasteiger partial charge in [0.2, 0.25) is 0 Å². The van der Waals surface area contributed by atoms with E-state index in [2.05, 4.69) is 9.97 Å². The van der Waals surface area contributed by atoms with E-state index in [1.54, 1.807) is 29.2 Å². The number of imidazole rings is 1. The Morgan fingerprint density at radius 3 is 2.83 bits per heavy atom. The number of aromatic nitrogens is 2. The van der Waals surface area contributed by atoms with Gasteiger partial charge in [-0.05, 0) is 43.3 Å². The molecule has 1 aromatic heterocycles. The predicted molar refractivity (Wildman–Crippen MR) is 86.4 cm³/mol. The van der Waals surface area contributed by atoms with Crippen LogP contribution >= 0.6 is 0 Å². The number of carbonyl (C=O) groups is 1. The number of aromatic amines is 1. The first-order chi connectivity index (χ1) is 11.2. The zero-order chi connectivity index (χ0) is 16.0. The number of nitrogens with zero attached hydrogens (tertiary/aromatic N) is 2. The number of rotatable bonds is 2. The van der Waals surface area contributed by atoms with Gasteiger partial charge >= 0.3 is 6.09 Å². The first-order valence-electron chi connectivity index (χ1n) is 7.42. The van der Waals surface area contributed by atoms with Crippen molar-refractivity contribution in [1.29, 1.82) is 0 Å². The molecule has 0 saturated carbocycles. The molecule has 0 atom stereocenters. The van der Waals surface area contributed by atoms with Crippen molar-refractivity contribution in [3.05, 3.63) is 42.0 Å². The Kier molecular flexibility index (Phi) is 2.97. The second-order valence-electron chi connectivity index (χ2n) is 5.43. The molecule has 116 valence electrons. The first kappa shape index (κ1) is 13.6. The molecular formula is C17H15N3O3. The summed E-state index contributed by atoms with van der Waals surface area (Å²) in [6.07, 6.45) is -0.325. The van der Waals surface area contributed by atoms with E-state index in [0.717, 1.165) is 33.7 Å². The summed E-state index contributed by atoms with van der Waals surface area (Å²) < 4.78 is 5.19. The molecule has 0 radical (unpaired) electrons. The lowest BCUT2D eigenvalue weighted by Crippen LogP contribution is -2.35. The quantitative estimate of drug-likeness (QED) is 0.760. The Morgan fingerprint density at radius 1 is 1.30 bits per heavy atom. The Labute approximate surface area is 132 Å². The number of hydrogen-bond donors (Lipinski definition) is 2. The van der Waals surface area contributed by atoms with Gasteiger partial charge < -0.3 is 14.8 Å². The van der Waals surface area contributed by atoms with Crippen LogP contribution in [0.2, 0.25) is 0 Å². The number of nitrogens with one attached hydrogen (secondary N) is 1. The third-order valence-corrected chi connectivity index (χ3v) is 4.00. The Hall–Kier alpha value is -3.02. The number of carbonyl (C=O) groups excluding carboxylic acids is 1. The van der Waals surface area contributed by atoms with Gasteiger partial charge in [-0.1, -0.05) is 0 Å². The number of benzene rings is 2. The van der Waals surface area contributed by atoms with Gasteiger partial charge in [-0.15, -0.1) is 0 Å². The van der Waals surface area contributed by atoms with E-state index in [1.165, 1.54) is 0 Å². The molecule has 4 rings (SSSR count). The van der Waals surface area contributed by atoms with Crippen molar-refractivity contribution in [1.82, 2.24) is 9.97 Å². The highest BCUT2D eigenvalue weighted by Crippen LogP contribution is 2.32. The van der Waals surface area contributed by atoms with Crippen LogP contribution in [0.4, 0.5) is 10.5 Å². The minimum atomic E-state index is -0.325. The molecule has 6 nitrogen and oxygen atoms in total. The fourth-order valence-electron chi connectivity index (χ4n) is 2.83. The molecule has 6 heteroatoms. The molecule has 0 saturated heterocycles. The van der Waals surface area contributed by atoms with Crippen molar-refractivity contribution < 1.29 is 14.6 Å². The van der Waals surface area contributed by atoms with Crippen LogP contribution in [0.15, 0.2) is 36.4 Å². The molecule has 2 heterocycles. The normalized spacial score (nSPS) is 14.0. The van der Waals surface area contributed by atoms with Crippen LogP contribution in [-0.4, -0.2) is 27.7 Å². The predicted octanol–water partition coefficient (Wildman–Crippen LogP) is 3.41. The highest BCUT2D eigenvalue weighted by Gasteiger charge is 2.25. The van der Waals surface area contributed by atoms with Crippen LogP contribution in [0.25, 0.3) is 22.4 Å². The van der Waals surface area contributed by atoms with E-state index in [4.69, 9.17) is 4.74 Å². The van der Waals surface area contributed by atoms with E-state index in [-0.39, 0.29) is 18.4 Å². The molecule has 3 aromatic rings. The van der Waals surface area contributed by atoms with E-state index in [9.17, 15) is 9.90 Å². The van der Waals surface area contributed by atoms with E-state index >= 15 is 0 Å². The van der Waals surface area contributed by atoms with Gasteiger partial charge in [-0.25, -0.2) is 9.78 Å². The molecule has 0 bridgehead atoms. The second-order valence-corrected chi connectivity index (χ2v) is 5.43. The first-order valence-corrected chi connectivity index (χ1v) is 7.42. The number of cyclic esters (lactones) is 1. The summed E-state index contributed by atoms with van der Waals surface area (Å²) in [6, 6.07) is 10.7. The van der Waals surface area contributed by atoms with Gasteiger partial charge in [-0.2, -0.15) is 0 Å². The zero-order valence-corrected chi connectivity index (χ0v) is 12.5. The summed E-state index contributed by atoms with van der Waals surface area (Å²) in [5, 5.41) is 9.39. The van der Waals surface area contributed by atoms with Crippen LogP contribution in [-0.2, 0) is 11.3 Å². The molecule has 0 aliphatic carbocycles. The summed E-state index contributed by atoms with van der Waals surface area (Å²) in [5.74, 6) is 0.937. The summed E-state index contributed by atoms with van der Waals surface area (Å²) in [4.78, 5) is 21.3. The molecule has 2 N–H and O–H groups in total. The Balaban J connectivity index is 1.84. The Morgan fingerprint density at radius 2 is 2.09 bits per heavy atom. The van der Waals surface area contributed by atoms with Gasteiger partial charge in [0, 0.05) is 17.7 Å². The summed E-state index contributed by atoms with van der Waals surface area (Å²) in [7, 11) is 0. The van der Waals surface area contributed by atoms with Crippen molar-refractivity contribution in [2.45, 2.75) is 13.5 Å². The maximum absolute atomic E-state index is 11.8. The lowest BCUT2D eigenvalue weighted by atomic mass is 10.1. The number of aromatic hydroxyl groups is 1. The molecule has 23 heavy (non-hydrogen) atoms. The standard InChI is InChI=1S/C17H15N3O3/c1-2-20-15-8-14-13(7-11(15)9-23-17(20)22)18-16(19-14)10-3-5-12(21)6-4-10/h3-8,21H,2,9H2,1H3,(H,18,19). The monoisotopic (exact) mass is 309 g/mol. The maximum atomic E-state index is 11.8. The molecule has 0 fully saturated rings. The molecule has 0 spiro atoms. The van der Waals surface area contributed by atoms with E-state index in [0.29, 0.717) is 6.54 Å². The van der Waals surface area contributed by atoms with Gasteiger partial charge in [0.25, 0.3) is 0 Å². The minimum Gasteiger partial charge on any atom is -0.508 e. The number of phenols is 1. The van der Waals surface area contributed by atoms with Gasteiger partial charge in [-0.3, -0.25) is 4.90 Å². The largest absolute Gasteiger partial charge is 0.508 e. The molecular weight excluding hydrogens is 294 g/mol. The average Bonchev–Trinajstić information content (AvgIpc) is 2.96. The van der Waals surface area contributed by atoms with Crippen LogP contribution < -0.4 is 4.90 Å². The molecule has 1 amide bonds. The smallest absolute Gasteiger partial charge is 0.414 e. The number of anilines is 1. The molecule has 1 aliphatic heterocycles. The second kappa shape index (κ2) is 5.01. The maximum Gasteiger partial charge on any atom is 0.414 e. The van der Waals surface area contributed by atoms with Crippen LogP contribution in [0.5, 0.6) is 5.75 Å². The minimum absolute atomic E-state index is 0.217. The number of amides is 1. The number of H-pyrrole nitrogens is 1. The zero-order valence-electron chi connectivity index (χ0n) is 12.5. The number of ether oxygens (including phenoxy) is 1. The van der Waals surface area contributed by atoms with Crippen molar-refractivity contribution in [3.63, 3.8) is 0 Å². The number of phenolic OH excluding ortho intramolecular Hbond substituents is 1. The van der Waals surface area contributed by atoms with Crippen LogP contribution in [0.1, 0.15) is 12.5 Å². The van der Waals surface area contributed by atoms with Crippen LogP contribution in [0.3, 0.4) is 0 Å². The van der Waals surface area contributed by atoms with Crippen molar-refractivity contribution >= 4 is 22.8 Å².